The first-order valence-corrected chi connectivity index (χ1v) is 7.43. The van der Waals surface area contributed by atoms with E-state index in [1.807, 2.05) is 0 Å². The summed E-state index contributed by atoms with van der Waals surface area (Å²) in [6, 6.07) is 0. The second-order valence-electron chi connectivity index (χ2n) is 4.53. The molecule has 0 radical (unpaired) electrons. The number of aromatic nitrogens is 1. The normalized spacial score (nSPS) is 19.6. The molecule has 1 atom stereocenters. The SMILES string of the molecule is CCNCc1sc(CC2CCCO2)nc1COC. The van der Waals surface area contributed by atoms with Gasteiger partial charge in [-0.15, -0.1) is 11.3 Å². The van der Waals surface area contributed by atoms with Gasteiger partial charge in [0.2, 0.25) is 0 Å². The second-order valence-corrected chi connectivity index (χ2v) is 5.70. The van der Waals surface area contributed by atoms with Crippen LogP contribution in [0.2, 0.25) is 0 Å². The molecule has 2 rings (SSSR count). The van der Waals surface area contributed by atoms with Gasteiger partial charge in [0.15, 0.2) is 0 Å². The van der Waals surface area contributed by atoms with E-state index in [-0.39, 0.29) is 0 Å². The van der Waals surface area contributed by atoms with E-state index in [1.165, 1.54) is 22.7 Å². The summed E-state index contributed by atoms with van der Waals surface area (Å²) in [5.74, 6) is 0. The summed E-state index contributed by atoms with van der Waals surface area (Å²) in [6.45, 7) is 5.49. The van der Waals surface area contributed by atoms with Crippen molar-refractivity contribution < 1.29 is 9.47 Å². The van der Waals surface area contributed by atoms with E-state index in [0.29, 0.717) is 12.7 Å². The largest absolute Gasteiger partial charge is 0.378 e. The average Bonchev–Trinajstić information content (AvgIpc) is 2.98. The molecule has 0 saturated carbocycles. The number of methoxy groups -OCH3 is 1. The summed E-state index contributed by atoms with van der Waals surface area (Å²) < 4.78 is 10.9. The van der Waals surface area contributed by atoms with Gasteiger partial charge in [-0.3, -0.25) is 0 Å². The van der Waals surface area contributed by atoms with Crippen molar-refractivity contribution in [2.24, 2.45) is 0 Å². The van der Waals surface area contributed by atoms with E-state index in [9.17, 15) is 0 Å². The first kappa shape index (κ1) is 13.9. The maximum atomic E-state index is 5.67. The summed E-state index contributed by atoms with van der Waals surface area (Å²) in [7, 11) is 1.72. The number of rotatable bonds is 7. The molecule has 102 valence electrons. The van der Waals surface area contributed by atoms with E-state index in [1.54, 1.807) is 18.4 Å². The van der Waals surface area contributed by atoms with Gasteiger partial charge in [0, 0.05) is 31.6 Å². The summed E-state index contributed by atoms with van der Waals surface area (Å²) in [4.78, 5) is 5.99. The fraction of sp³-hybridized carbons (Fsp3) is 0.769. The highest BCUT2D eigenvalue weighted by atomic mass is 32.1. The lowest BCUT2D eigenvalue weighted by molar-refractivity contribution is 0.111. The van der Waals surface area contributed by atoms with E-state index in [0.717, 1.165) is 31.8 Å². The Balaban J connectivity index is 2.00. The molecule has 1 aliphatic rings. The fourth-order valence-corrected chi connectivity index (χ4v) is 3.26. The number of nitrogens with one attached hydrogen (secondary N) is 1. The number of thiazole rings is 1. The van der Waals surface area contributed by atoms with Crippen LogP contribution in [0.5, 0.6) is 0 Å². The van der Waals surface area contributed by atoms with Crippen molar-refractivity contribution in [3.05, 3.63) is 15.6 Å². The molecular formula is C13H22N2O2S. The molecule has 1 aliphatic heterocycles. The molecule has 0 spiro atoms. The van der Waals surface area contributed by atoms with Crippen molar-refractivity contribution in [1.82, 2.24) is 10.3 Å². The Morgan fingerprint density at radius 2 is 2.44 bits per heavy atom. The molecule has 18 heavy (non-hydrogen) atoms. The Labute approximate surface area is 113 Å². The Morgan fingerprint density at radius 1 is 1.56 bits per heavy atom. The monoisotopic (exact) mass is 270 g/mol. The van der Waals surface area contributed by atoms with Crippen LogP contribution in [0, 0.1) is 0 Å². The molecule has 1 N–H and O–H groups in total. The maximum absolute atomic E-state index is 5.67. The van der Waals surface area contributed by atoms with Crippen molar-refractivity contribution in [3.63, 3.8) is 0 Å². The zero-order valence-corrected chi connectivity index (χ0v) is 12.0. The molecule has 0 bridgehead atoms. The molecule has 0 aliphatic carbocycles. The molecule has 5 heteroatoms. The molecule has 2 heterocycles. The van der Waals surface area contributed by atoms with Crippen LogP contribution in [0.4, 0.5) is 0 Å². The van der Waals surface area contributed by atoms with Crippen LogP contribution in [-0.4, -0.2) is 31.3 Å². The van der Waals surface area contributed by atoms with Crippen molar-refractivity contribution in [2.75, 3.05) is 20.3 Å². The zero-order chi connectivity index (χ0) is 12.8. The smallest absolute Gasteiger partial charge is 0.0958 e. The fourth-order valence-electron chi connectivity index (χ4n) is 2.15. The standard InChI is InChI=1S/C13H22N2O2S/c1-3-14-8-12-11(9-16-2)15-13(18-12)7-10-5-4-6-17-10/h10,14H,3-9H2,1-2H3. The molecule has 0 amide bonds. The van der Waals surface area contributed by atoms with Gasteiger partial charge in [-0.05, 0) is 19.4 Å². The van der Waals surface area contributed by atoms with E-state index >= 15 is 0 Å². The predicted molar refractivity (Wildman–Crippen MR) is 72.9 cm³/mol. The Hall–Kier alpha value is -0.490. The van der Waals surface area contributed by atoms with Crippen molar-refractivity contribution >= 4 is 11.3 Å². The van der Waals surface area contributed by atoms with Crippen LogP contribution in [0.15, 0.2) is 0 Å². The van der Waals surface area contributed by atoms with Gasteiger partial charge in [-0.25, -0.2) is 4.98 Å². The molecular weight excluding hydrogens is 248 g/mol. The molecule has 1 unspecified atom stereocenters. The van der Waals surface area contributed by atoms with Gasteiger partial charge in [-0.1, -0.05) is 6.92 Å². The summed E-state index contributed by atoms with van der Waals surface area (Å²) in [5.41, 5.74) is 1.08. The first-order chi connectivity index (χ1) is 8.83. The molecule has 1 aromatic rings. The van der Waals surface area contributed by atoms with Crippen LogP contribution in [-0.2, 0) is 29.0 Å². The van der Waals surface area contributed by atoms with E-state index in [4.69, 9.17) is 9.47 Å². The zero-order valence-electron chi connectivity index (χ0n) is 11.2. The first-order valence-electron chi connectivity index (χ1n) is 6.62. The highest BCUT2D eigenvalue weighted by molar-refractivity contribution is 7.11. The predicted octanol–water partition coefficient (Wildman–Crippen LogP) is 2.12. The van der Waals surface area contributed by atoms with E-state index < -0.39 is 0 Å². The van der Waals surface area contributed by atoms with E-state index in [2.05, 4.69) is 17.2 Å². The third-order valence-electron chi connectivity index (χ3n) is 3.07. The van der Waals surface area contributed by atoms with Gasteiger partial charge >= 0.3 is 0 Å². The highest BCUT2D eigenvalue weighted by Gasteiger charge is 2.19. The number of ether oxygens (including phenoxy) is 2. The van der Waals surface area contributed by atoms with Crippen LogP contribution in [0.1, 0.15) is 35.3 Å². The minimum atomic E-state index is 0.374. The molecule has 1 aromatic heterocycles. The van der Waals surface area contributed by atoms with Gasteiger partial charge in [0.05, 0.1) is 23.4 Å². The van der Waals surface area contributed by atoms with Crippen LogP contribution >= 0.6 is 11.3 Å². The topological polar surface area (TPSA) is 43.4 Å². The summed E-state index contributed by atoms with van der Waals surface area (Å²) >= 11 is 1.79. The number of hydrogen-bond acceptors (Lipinski definition) is 5. The number of nitrogens with zero attached hydrogens (tertiary/aromatic N) is 1. The summed E-state index contributed by atoms with van der Waals surface area (Å²) in [6.07, 6.45) is 3.68. The molecule has 0 aromatic carbocycles. The van der Waals surface area contributed by atoms with Gasteiger partial charge in [0.25, 0.3) is 0 Å². The molecule has 1 fully saturated rings. The van der Waals surface area contributed by atoms with Gasteiger partial charge in [-0.2, -0.15) is 0 Å². The lowest BCUT2D eigenvalue weighted by Gasteiger charge is -2.05. The van der Waals surface area contributed by atoms with Crippen molar-refractivity contribution in [1.29, 1.82) is 0 Å². The minimum Gasteiger partial charge on any atom is -0.378 e. The van der Waals surface area contributed by atoms with Crippen LogP contribution < -0.4 is 5.32 Å². The third-order valence-corrected chi connectivity index (χ3v) is 4.19. The van der Waals surface area contributed by atoms with Crippen LogP contribution in [0.25, 0.3) is 0 Å². The summed E-state index contributed by atoms with van der Waals surface area (Å²) in [5, 5.41) is 4.54. The molecule has 4 nitrogen and oxygen atoms in total. The van der Waals surface area contributed by atoms with Crippen molar-refractivity contribution in [2.45, 2.75) is 45.4 Å². The van der Waals surface area contributed by atoms with Gasteiger partial charge < -0.3 is 14.8 Å². The second kappa shape index (κ2) is 7.19. The maximum Gasteiger partial charge on any atom is 0.0958 e. The molecule has 1 saturated heterocycles. The third kappa shape index (κ3) is 3.75. The average molecular weight is 270 g/mol. The Bertz CT molecular complexity index is 362. The minimum absolute atomic E-state index is 0.374. The van der Waals surface area contributed by atoms with Crippen molar-refractivity contribution in [3.8, 4) is 0 Å². The van der Waals surface area contributed by atoms with Crippen LogP contribution in [0.3, 0.4) is 0 Å². The Morgan fingerprint density at radius 3 is 3.11 bits per heavy atom. The number of hydrogen-bond donors (Lipinski definition) is 1. The lowest BCUT2D eigenvalue weighted by atomic mass is 10.2. The lowest BCUT2D eigenvalue weighted by Crippen LogP contribution is -2.12. The highest BCUT2D eigenvalue weighted by Crippen LogP contribution is 2.24. The Kier molecular flexibility index (Phi) is 5.56. The quantitative estimate of drug-likeness (QED) is 0.824. The van der Waals surface area contributed by atoms with Gasteiger partial charge in [0.1, 0.15) is 0 Å².